The van der Waals surface area contributed by atoms with Crippen LogP contribution in [0.5, 0.6) is 5.88 Å². The van der Waals surface area contributed by atoms with Crippen LogP contribution in [-0.4, -0.2) is 46.6 Å². The third kappa shape index (κ3) is 7.60. The lowest BCUT2D eigenvalue weighted by Crippen LogP contribution is -2.35. The van der Waals surface area contributed by atoms with Gasteiger partial charge < -0.3 is 26.0 Å². The van der Waals surface area contributed by atoms with Crippen molar-refractivity contribution in [1.82, 2.24) is 30.9 Å². The maximum absolute atomic E-state index is 11.6. The Balaban J connectivity index is 1.11. The summed E-state index contributed by atoms with van der Waals surface area (Å²) >= 11 is 16.0. The molecule has 0 bridgehead atoms. The number of aryl methyl sites for hydroxylation is 1. The molecule has 260 valence electrons. The number of fused-ring (bicyclic) bond motifs is 1. The van der Waals surface area contributed by atoms with Gasteiger partial charge in [0.25, 0.3) is 0 Å². The molecular formula is C38H41Cl2N7O2S. The van der Waals surface area contributed by atoms with E-state index in [1.807, 2.05) is 55.5 Å². The van der Waals surface area contributed by atoms with E-state index in [0.29, 0.717) is 58.7 Å². The number of aromatic nitrogens is 3. The van der Waals surface area contributed by atoms with Crippen LogP contribution in [0.4, 0.5) is 11.5 Å². The van der Waals surface area contributed by atoms with Crippen molar-refractivity contribution in [3.05, 3.63) is 80.9 Å². The van der Waals surface area contributed by atoms with Crippen LogP contribution in [0.1, 0.15) is 61.1 Å². The molecule has 4 heterocycles. The number of ether oxygens (including phenoxy) is 1. The summed E-state index contributed by atoms with van der Waals surface area (Å²) < 4.78 is 6.82. The Bertz CT molecular complexity index is 2010. The fraction of sp³-hybridized carbons (Fsp3) is 0.368. The van der Waals surface area contributed by atoms with Crippen LogP contribution in [0.3, 0.4) is 0 Å². The van der Waals surface area contributed by atoms with E-state index in [-0.39, 0.29) is 11.9 Å². The van der Waals surface area contributed by atoms with Crippen molar-refractivity contribution in [1.29, 1.82) is 0 Å². The van der Waals surface area contributed by atoms with Crippen LogP contribution in [0, 0.1) is 6.92 Å². The quantitative estimate of drug-likeness (QED) is 0.101. The van der Waals surface area contributed by atoms with Crippen molar-refractivity contribution in [2.75, 3.05) is 19.0 Å². The lowest BCUT2D eigenvalue weighted by molar-refractivity contribution is -0.119. The van der Waals surface area contributed by atoms with Crippen molar-refractivity contribution >= 4 is 62.2 Å². The number of hydrogen-bond acceptors (Lipinski definition) is 9. The molecule has 0 radical (unpaired) electrons. The van der Waals surface area contributed by atoms with Crippen molar-refractivity contribution in [3.63, 3.8) is 0 Å². The second-order valence-corrected chi connectivity index (χ2v) is 14.9. The monoisotopic (exact) mass is 729 g/mol. The molecule has 1 saturated carbocycles. The molecule has 1 saturated heterocycles. The number of nitrogens with zero attached hydrogens (tertiary/aromatic N) is 3. The van der Waals surface area contributed by atoms with Crippen LogP contribution in [-0.2, 0) is 17.9 Å². The van der Waals surface area contributed by atoms with Crippen LogP contribution in [0.2, 0.25) is 10.0 Å². The standard InChI is InChI=1S/C38H41Cl2N7O2S/c1-22-18-30(46-38(49-2)28(22)20-41-19-24-14-15-32(48)44-24)27-12-6-10-25(34(27)39)26-11-7-13-29(35(26)40)45-37-36-31(16-17-42-37)50-33(47-36)21-43-23-8-4-3-5-9-23/h6-7,10-13,16-18,23-24,41,43H,3-5,8-9,14-15,19-21H2,1-2H3,(H,42,45)(H,44,48). The number of anilines is 2. The van der Waals surface area contributed by atoms with Gasteiger partial charge in [-0.3, -0.25) is 4.79 Å². The predicted molar refractivity (Wildman–Crippen MR) is 204 cm³/mol. The molecule has 2 aliphatic rings. The first-order chi connectivity index (χ1) is 24.4. The van der Waals surface area contributed by atoms with E-state index in [9.17, 15) is 4.79 Å². The maximum atomic E-state index is 11.6. The SMILES string of the molecule is COc1nc(-c2cccc(-c3cccc(Nc4nccc5sc(CNC6CCCCC6)nc45)c3Cl)c2Cl)cc(C)c1CNCC1CCC(=O)N1. The number of amides is 1. The molecule has 4 N–H and O–H groups in total. The third-order valence-corrected chi connectivity index (χ3v) is 11.4. The zero-order valence-electron chi connectivity index (χ0n) is 28.2. The zero-order chi connectivity index (χ0) is 34.6. The van der Waals surface area contributed by atoms with Gasteiger partial charge in [0.05, 0.1) is 33.2 Å². The zero-order valence-corrected chi connectivity index (χ0v) is 30.6. The Morgan fingerprint density at radius 1 is 0.960 bits per heavy atom. The van der Waals surface area contributed by atoms with Crippen molar-refractivity contribution in [2.45, 2.75) is 77.0 Å². The number of pyridine rings is 2. The van der Waals surface area contributed by atoms with E-state index < -0.39 is 0 Å². The first-order valence-corrected chi connectivity index (χ1v) is 18.8. The molecule has 9 nitrogen and oxygen atoms in total. The Morgan fingerprint density at radius 2 is 1.74 bits per heavy atom. The molecule has 1 amide bonds. The van der Waals surface area contributed by atoms with Gasteiger partial charge in [0.1, 0.15) is 10.5 Å². The Morgan fingerprint density at radius 3 is 2.52 bits per heavy atom. The number of rotatable bonds is 12. The third-order valence-electron chi connectivity index (χ3n) is 9.60. The van der Waals surface area contributed by atoms with Crippen LogP contribution in [0.15, 0.2) is 54.7 Å². The average molecular weight is 731 g/mol. The number of methoxy groups -OCH3 is 1. The Hall–Kier alpha value is -3.80. The summed E-state index contributed by atoms with van der Waals surface area (Å²) in [4.78, 5) is 26.0. The van der Waals surface area contributed by atoms with E-state index in [0.717, 1.165) is 56.0 Å². The topological polar surface area (TPSA) is 113 Å². The average Bonchev–Trinajstić information content (AvgIpc) is 3.75. The molecule has 2 fully saturated rings. The van der Waals surface area contributed by atoms with Gasteiger partial charge in [0, 0.05) is 66.6 Å². The second-order valence-electron chi connectivity index (χ2n) is 13.0. The van der Waals surface area contributed by atoms with Gasteiger partial charge in [-0.2, -0.15) is 0 Å². The number of carbonyl (C=O) groups excluding carboxylic acids is 1. The van der Waals surface area contributed by atoms with Gasteiger partial charge in [-0.1, -0.05) is 72.8 Å². The maximum Gasteiger partial charge on any atom is 0.220 e. The number of benzene rings is 2. The van der Waals surface area contributed by atoms with Crippen molar-refractivity contribution in [3.8, 4) is 28.3 Å². The van der Waals surface area contributed by atoms with Gasteiger partial charge in [-0.05, 0) is 49.9 Å². The Labute approximate surface area is 306 Å². The minimum Gasteiger partial charge on any atom is -0.481 e. The Kier molecular flexibility index (Phi) is 10.8. The van der Waals surface area contributed by atoms with Gasteiger partial charge in [-0.15, -0.1) is 11.3 Å². The first kappa shape index (κ1) is 34.6. The van der Waals surface area contributed by atoms with Gasteiger partial charge >= 0.3 is 0 Å². The van der Waals surface area contributed by atoms with E-state index in [1.165, 1.54) is 32.1 Å². The van der Waals surface area contributed by atoms with Crippen LogP contribution < -0.4 is 26.0 Å². The van der Waals surface area contributed by atoms with Crippen LogP contribution >= 0.6 is 34.5 Å². The van der Waals surface area contributed by atoms with E-state index in [1.54, 1.807) is 24.6 Å². The lowest BCUT2D eigenvalue weighted by atomic mass is 9.96. The molecule has 1 unspecified atom stereocenters. The van der Waals surface area contributed by atoms with Crippen molar-refractivity contribution in [2.24, 2.45) is 0 Å². The molecular weight excluding hydrogens is 689 g/mol. The van der Waals surface area contributed by atoms with Crippen LogP contribution in [0.25, 0.3) is 32.6 Å². The van der Waals surface area contributed by atoms with Gasteiger partial charge in [0.2, 0.25) is 11.8 Å². The molecule has 5 aromatic rings. The summed E-state index contributed by atoms with van der Waals surface area (Å²) in [7, 11) is 1.62. The number of hydrogen-bond donors (Lipinski definition) is 4. The molecule has 3 aromatic heterocycles. The number of nitrogens with one attached hydrogen (secondary N) is 4. The van der Waals surface area contributed by atoms with Crippen molar-refractivity contribution < 1.29 is 9.53 Å². The molecule has 1 atom stereocenters. The molecule has 12 heteroatoms. The molecule has 1 aliphatic heterocycles. The van der Waals surface area contributed by atoms with E-state index in [4.69, 9.17) is 37.9 Å². The summed E-state index contributed by atoms with van der Waals surface area (Å²) in [5.74, 6) is 1.30. The van der Waals surface area contributed by atoms with E-state index >= 15 is 0 Å². The van der Waals surface area contributed by atoms with E-state index in [2.05, 4.69) is 26.3 Å². The largest absolute Gasteiger partial charge is 0.481 e. The molecule has 0 spiro atoms. The molecule has 1 aliphatic carbocycles. The summed E-state index contributed by atoms with van der Waals surface area (Å²) in [6, 6.07) is 16.5. The summed E-state index contributed by atoms with van der Waals surface area (Å²) in [6.45, 7) is 4.06. The lowest BCUT2D eigenvalue weighted by Gasteiger charge is -2.22. The number of carbonyl (C=O) groups is 1. The molecule has 2 aromatic carbocycles. The van der Waals surface area contributed by atoms with Gasteiger partial charge in [-0.25, -0.2) is 15.0 Å². The van der Waals surface area contributed by atoms with Gasteiger partial charge in [0.15, 0.2) is 5.82 Å². The fourth-order valence-corrected chi connectivity index (χ4v) is 8.42. The second kappa shape index (κ2) is 15.6. The number of halogens is 2. The highest BCUT2D eigenvalue weighted by Crippen LogP contribution is 2.42. The smallest absolute Gasteiger partial charge is 0.220 e. The molecule has 50 heavy (non-hydrogen) atoms. The highest BCUT2D eigenvalue weighted by molar-refractivity contribution is 7.18. The molecule has 7 rings (SSSR count). The minimum atomic E-state index is 0.108. The summed E-state index contributed by atoms with van der Waals surface area (Å²) in [5.41, 5.74) is 6.59. The fourth-order valence-electron chi connectivity index (χ4n) is 6.90. The normalized spacial score (nSPS) is 16.6. The minimum absolute atomic E-state index is 0.108. The summed E-state index contributed by atoms with van der Waals surface area (Å²) in [5, 5.41) is 15.7. The summed E-state index contributed by atoms with van der Waals surface area (Å²) in [6.07, 6.45) is 9.63. The first-order valence-electron chi connectivity index (χ1n) is 17.2. The number of thiazole rings is 1. The predicted octanol–water partition coefficient (Wildman–Crippen LogP) is 8.58. The highest BCUT2D eigenvalue weighted by atomic mass is 35.5. The highest BCUT2D eigenvalue weighted by Gasteiger charge is 2.22.